The van der Waals surface area contributed by atoms with Crippen LogP contribution in [0.3, 0.4) is 0 Å². The summed E-state index contributed by atoms with van der Waals surface area (Å²) >= 11 is 0. The smallest absolute Gasteiger partial charge is 0.191 e. The van der Waals surface area contributed by atoms with Crippen molar-refractivity contribution >= 4 is 5.96 Å². The van der Waals surface area contributed by atoms with Crippen molar-refractivity contribution in [1.29, 1.82) is 0 Å². The monoisotopic (exact) mass is 416 g/mol. The summed E-state index contributed by atoms with van der Waals surface area (Å²) < 4.78 is 0. The molecule has 4 rings (SSSR count). The Morgan fingerprint density at radius 2 is 1.77 bits per heavy atom. The highest BCUT2D eigenvalue weighted by molar-refractivity contribution is 5.80. The number of aliphatic imine (C=N–C) groups is 1. The fourth-order valence-corrected chi connectivity index (χ4v) is 3.95. The molecule has 1 aromatic heterocycles. The molecule has 1 aliphatic rings. The summed E-state index contributed by atoms with van der Waals surface area (Å²) in [4.78, 5) is 15.2. The minimum Gasteiger partial charge on any atom is -0.357 e. The molecule has 31 heavy (non-hydrogen) atoms. The van der Waals surface area contributed by atoms with Crippen LogP contribution in [0.2, 0.25) is 0 Å². The van der Waals surface area contributed by atoms with Crippen molar-refractivity contribution in [3.63, 3.8) is 0 Å². The minimum atomic E-state index is 0.446. The lowest BCUT2D eigenvalue weighted by molar-refractivity contribution is 0.198. The molecular weight excluding hydrogens is 384 g/mol. The molecule has 1 aliphatic heterocycles. The summed E-state index contributed by atoms with van der Waals surface area (Å²) in [5.41, 5.74) is 3.55. The van der Waals surface area contributed by atoms with Gasteiger partial charge in [-0.1, -0.05) is 60.7 Å². The van der Waals surface area contributed by atoms with Crippen LogP contribution in [0, 0.1) is 0 Å². The number of rotatable bonds is 7. The van der Waals surface area contributed by atoms with Gasteiger partial charge in [-0.25, -0.2) is 9.98 Å². The molecule has 6 heteroatoms. The highest BCUT2D eigenvalue weighted by atomic mass is 15.2. The standard InChI is InChI=1S/C25H32N6/c1-2-26-25(28-18-24-27-17-23(30-24)21-11-7-4-8-12-21)29-22-13-15-31(16-14-22)19-20-9-5-3-6-10-20/h3-12,17,22H,2,13-16,18-19H2,1H3,(H,27,30)(H2,26,28,29). The summed E-state index contributed by atoms with van der Waals surface area (Å²) in [5.74, 6) is 1.73. The zero-order valence-corrected chi connectivity index (χ0v) is 18.2. The lowest BCUT2D eigenvalue weighted by Gasteiger charge is -2.33. The molecule has 1 fully saturated rings. The number of benzene rings is 2. The predicted molar refractivity (Wildman–Crippen MR) is 127 cm³/mol. The lowest BCUT2D eigenvalue weighted by atomic mass is 10.0. The average Bonchev–Trinajstić information content (AvgIpc) is 3.29. The van der Waals surface area contributed by atoms with Crippen molar-refractivity contribution in [2.45, 2.75) is 38.9 Å². The van der Waals surface area contributed by atoms with Gasteiger partial charge in [0.1, 0.15) is 12.4 Å². The van der Waals surface area contributed by atoms with E-state index in [4.69, 9.17) is 4.99 Å². The number of hydrogen-bond acceptors (Lipinski definition) is 3. The van der Waals surface area contributed by atoms with Crippen molar-refractivity contribution in [3.05, 3.63) is 78.2 Å². The van der Waals surface area contributed by atoms with Gasteiger partial charge >= 0.3 is 0 Å². The van der Waals surface area contributed by atoms with E-state index in [1.165, 1.54) is 5.56 Å². The molecule has 6 nitrogen and oxygen atoms in total. The molecule has 3 N–H and O–H groups in total. The number of nitrogens with zero attached hydrogens (tertiary/aromatic N) is 3. The van der Waals surface area contributed by atoms with Crippen LogP contribution in [0.25, 0.3) is 11.3 Å². The number of aromatic nitrogens is 2. The number of hydrogen-bond donors (Lipinski definition) is 3. The van der Waals surface area contributed by atoms with Gasteiger partial charge in [0.2, 0.25) is 0 Å². The SMILES string of the molecule is CCNC(=NCc1ncc(-c2ccccc2)[nH]1)NC1CCN(Cc2ccccc2)CC1. The van der Waals surface area contributed by atoms with E-state index >= 15 is 0 Å². The van der Waals surface area contributed by atoms with Gasteiger partial charge in [0.15, 0.2) is 5.96 Å². The summed E-state index contributed by atoms with van der Waals surface area (Å²) in [6, 6.07) is 21.4. The molecule has 162 valence electrons. The number of nitrogens with one attached hydrogen (secondary N) is 3. The Morgan fingerprint density at radius 1 is 1.06 bits per heavy atom. The van der Waals surface area contributed by atoms with Crippen molar-refractivity contribution < 1.29 is 0 Å². The second-order valence-electron chi connectivity index (χ2n) is 7.99. The number of guanidine groups is 1. The zero-order valence-electron chi connectivity index (χ0n) is 18.2. The molecule has 3 aromatic rings. The van der Waals surface area contributed by atoms with Crippen LogP contribution in [0.5, 0.6) is 0 Å². The Balaban J connectivity index is 1.29. The predicted octanol–water partition coefficient (Wildman–Crippen LogP) is 3.80. The van der Waals surface area contributed by atoms with Gasteiger partial charge in [0, 0.05) is 32.2 Å². The normalized spacial score (nSPS) is 15.7. The summed E-state index contributed by atoms with van der Waals surface area (Å²) in [5, 5.41) is 6.99. The molecule has 0 radical (unpaired) electrons. The van der Waals surface area contributed by atoms with Gasteiger partial charge in [-0.15, -0.1) is 0 Å². The maximum absolute atomic E-state index is 4.76. The van der Waals surface area contributed by atoms with Gasteiger partial charge in [-0.05, 0) is 30.9 Å². The van der Waals surface area contributed by atoms with E-state index in [0.717, 1.165) is 62.1 Å². The first-order valence-corrected chi connectivity index (χ1v) is 11.2. The summed E-state index contributed by atoms with van der Waals surface area (Å²) in [7, 11) is 0. The molecule has 0 aliphatic carbocycles. The van der Waals surface area contributed by atoms with Gasteiger partial charge in [-0.3, -0.25) is 4.90 Å². The van der Waals surface area contributed by atoms with Crippen LogP contribution in [0.1, 0.15) is 31.2 Å². The first kappa shape index (κ1) is 21.1. The molecule has 0 unspecified atom stereocenters. The van der Waals surface area contributed by atoms with E-state index in [0.29, 0.717) is 12.6 Å². The van der Waals surface area contributed by atoms with Crippen LogP contribution in [-0.2, 0) is 13.1 Å². The number of aromatic amines is 1. The maximum atomic E-state index is 4.76. The number of likely N-dealkylation sites (tertiary alicyclic amines) is 1. The Bertz CT molecular complexity index is 942. The van der Waals surface area contributed by atoms with E-state index in [9.17, 15) is 0 Å². The van der Waals surface area contributed by atoms with E-state index in [1.807, 2.05) is 24.4 Å². The van der Waals surface area contributed by atoms with E-state index in [2.05, 4.69) is 74.9 Å². The fraction of sp³-hybridized carbons (Fsp3) is 0.360. The second-order valence-corrected chi connectivity index (χ2v) is 7.99. The second kappa shape index (κ2) is 10.8. The number of imidazole rings is 1. The van der Waals surface area contributed by atoms with Crippen LogP contribution in [0.15, 0.2) is 71.9 Å². The van der Waals surface area contributed by atoms with Gasteiger partial charge < -0.3 is 15.6 Å². The number of H-pyrrole nitrogens is 1. The highest BCUT2D eigenvalue weighted by Crippen LogP contribution is 2.16. The van der Waals surface area contributed by atoms with Gasteiger partial charge in [0.05, 0.1) is 11.9 Å². The Morgan fingerprint density at radius 3 is 2.48 bits per heavy atom. The van der Waals surface area contributed by atoms with Crippen LogP contribution >= 0.6 is 0 Å². The van der Waals surface area contributed by atoms with Crippen LogP contribution in [-0.4, -0.2) is 46.5 Å². The van der Waals surface area contributed by atoms with Gasteiger partial charge in [-0.2, -0.15) is 0 Å². The third-order valence-electron chi connectivity index (χ3n) is 5.62. The molecule has 0 atom stereocenters. The average molecular weight is 417 g/mol. The van der Waals surface area contributed by atoms with Crippen LogP contribution in [0.4, 0.5) is 0 Å². The largest absolute Gasteiger partial charge is 0.357 e. The zero-order chi connectivity index (χ0) is 21.3. The molecule has 1 saturated heterocycles. The minimum absolute atomic E-state index is 0.446. The molecular formula is C25H32N6. The van der Waals surface area contributed by atoms with E-state index in [1.54, 1.807) is 0 Å². The first-order chi connectivity index (χ1) is 15.3. The fourth-order valence-electron chi connectivity index (χ4n) is 3.95. The molecule has 0 saturated carbocycles. The Kier molecular flexibility index (Phi) is 7.34. The van der Waals surface area contributed by atoms with Crippen molar-refractivity contribution in [1.82, 2.24) is 25.5 Å². The third kappa shape index (κ3) is 6.18. The Hall–Kier alpha value is -3.12. The van der Waals surface area contributed by atoms with E-state index < -0.39 is 0 Å². The summed E-state index contributed by atoms with van der Waals surface area (Å²) in [6.45, 7) is 6.69. The first-order valence-electron chi connectivity index (χ1n) is 11.2. The van der Waals surface area contributed by atoms with Crippen molar-refractivity contribution in [3.8, 4) is 11.3 Å². The molecule has 0 bridgehead atoms. The van der Waals surface area contributed by atoms with Gasteiger partial charge in [0.25, 0.3) is 0 Å². The third-order valence-corrected chi connectivity index (χ3v) is 5.62. The van der Waals surface area contributed by atoms with Crippen molar-refractivity contribution in [2.75, 3.05) is 19.6 Å². The topological polar surface area (TPSA) is 68.3 Å². The molecule has 0 spiro atoms. The van der Waals surface area contributed by atoms with Crippen LogP contribution < -0.4 is 10.6 Å². The maximum Gasteiger partial charge on any atom is 0.191 e. The number of piperidine rings is 1. The van der Waals surface area contributed by atoms with E-state index in [-0.39, 0.29) is 0 Å². The molecule has 0 amide bonds. The highest BCUT2D eigenvalue weighted by Gasteiger charge is 2.20. The Labute approximate surface area is 184 Å². The van der Waals surface area contributed by atoms with Crippen molar-refractivity contribution in [2.24, 2.45) is 4.99 Å². The summed E-state index contributed by atoms with van der Waals surface area (Å²) in [6.07, 6.45) is 4.12. The lowest BCUT2D eigenvalue weighted by Crippen LogP contribution is -2.48. The quantitative estimate of drug-likeness (QED) is 0.405. The molecule has 2 heterocycles. The molecule has 2 aromatic carbocycles.